The molecule has 1 rings (SSSR count). The summed E-state index contributed by atoms with van der Waals surface area (Å²) in [6.45, 7) is 4.40. The van der Waals surface area contributed by atoms with Gasteiger partial charge in [0.1, 0.15) is 10.0 Å². The standard InChI is InChI=1S/C11H21N3S2/c1-3-7-12-8-4-5-10-13-14-11(16-10)6-9-15-2/h12H,3-9H2,1-2H3. The summed E-state index contributed by atoms with van der Waals surface area (Å²) in [5.74, 6) is 1.15. The third-order valence-electron chi connectivity index (χ3n) is 2.20. The Morgan fingerprint density at radius 3 is 2.62 bits per heavy atom. The van der Waals surface area contributed by atoms with Gasteiger partial charge in [0, 0.05) is 12.8 Å². The first-order valence-corrected chi connectivity index (χ1v) is 8.08. The highest BCUT2D eigenvalue weighted by Gasteiger charge is 2.03. The van der Waals surface area contributed by atoms with Gasteiger partial charge in [-0.2, -0.15) is 11.8 Å². The highest BCUT2D eigenvalue weighted by Crippen LogP contribution is 2.13. The molecule has 0 atom stereocenters. The highest BCUT2D eigenvalue weighted by molar-refractivity contribution is 7.98. The monoisotopic (exact) mass is 259 g/mol. The van der Waals surface area contributed by atoms with Gasteiger partial charge in [-0.15, -0.1) is 21.5 Å². The van der Waals surface area contributed by atoms with E-state index in [9.17, 15) is 0 Å². The van der Waals surface area contributed by atoms with Gasteiger partial charge in [0.05, 0.1) is 0 Å². The second kappa shape index (κ2) is 8.96. The van der Waals surface area contributed by atoms with Crippen molar-refractivity contribution in [2.45, 2.75) is 32.6 Å². The van der Waals surface area contributed by atoms with Gasteiger partial charge in [-0.25, -0.2) is 0 Å². The molecule has 1 aromatic rings. The largest absolute Gasteiger partial charge is 0.317 e. The van der Waals surface area contributed by atoms with Crippen molar-refractivity contribution in [2.24, 2.45) is 0 Å². The van der Waals surface area contributed by atoms with E-state index in [1.807, 2.05) is 11.8 Å². The average Bonchev–Trinajstić information content (AvgIpc) is 2.74. The third kappa shape index (κ3) is 5.82. The van der Waals surface area contributed by atoms with Crippen molar-refractivity contribution < 1.29 is 0 Å². The number of aryl methyl sites for hydroxylation is 2. The van der Waals surface area contributed by atoms with Gasteiger partial charge in [0.15, 0.2) is 0 Å². The van der Waals surface area contributed by atoms with Crippen LogP contribution in [-0.2, 0) is 12.8 Å². The molecule has 16 heavy (non-hydrogen) atoms. The van der Waals surface area contributed by atoms with Crippen molar-refractivity contribution in [3.05, 3.63) is 10.0 Å². The zero-order valence-electron chi connectivity index (χ0n) is 10.2. The molecule has 0 saturated carbocycles. The van der Waals surface area contributed by atoms with Crippen LogP contribution in [0.15, 0.2) is 0 Å². The van der Waals surface area contributed by atoms with Gasteiger partial charge in [0.2, 0.25) is 0 Å². The second-order valence-electron chi connectivity index (χ2n) is 3.69. The molecule has 5 heteroatoms. The van der Waals surface area contributed by atoms with Gasteiger partial charge in [0.25, 0.3) is 0 Å². The van der Waals surface area contributed by atoms with Crippen molar-refractivity contribution in [1.29, 1.82) is 0 Å². The van der Waals surface area contributed by atoms with E-state index in [1.165, 1.54) is 16.4 Å². The van der Waals surface area contributed by atoms with Crippen LogP contribution in [0.25, 0.3) is 0 Å². The maximum Gasteiger partial charge on any atom is 0.118 e. The van der Waals surface area contributed by atoms with Crippen LogP contribution in [0.5, 0.6) is 0 Å². The molecular formula is C11H21N3S2. The van der Waals surface area contributed by atoms with Crippen LogP contribution < -0.4 is 5.32 Å². The van der Waals surface area contributed by atoms with Gasteiger partial charge in [-0.1, -0.05) is 6.92 Å². The molecule has 0 aliphatic rings. The minimum atomic E-state index is 1.06. The summed E-state index contributed by atoms with van der Waals surface area (Å²) in [4.78, 5) is 0. The van der Waals surface area contributed by atoms with Gasteiger partial charge < -0.3 is 5.32 Å². The topological polar surface area (TPSA) is 37.8 Å². The first-order chi connectivity index (χ1) is 7.86. The van der Waals surface area contributed by atoms with E-state index >= 15 is 0 Å². The van der Waals surface area contributed by atoms with Gasteiger partial charge >= 0.3 is 0 Å². The Kier molecular flexibility index (Phi) is 7.80. The lowest BCUT2D eigenvalue weighted by Crippen LogP contribution is -2.16. The molecule has 0 amide bonds. The van der Waals surface area contributed by atoms with Crippen LogP contribution in [0.4, 0.5) is 0 Å². The van der Waals surface area contributed by atoms with Crippen LogP contribution in [0.2, 0.25) is 0 Å². The van der Waals surface area contributed by atoms with Crippen LogP contribution in [-0.4, -0.2) is 35.3 Å². The molecule has 1 N–H and O–H groups in total. The molecule has 0 fully saturated rings. The molecule has 0 saturated heterocycles. The second-order valence-corrected chi connectivity index (χ2v) is 5.82. The fraction of sp³-hybridized carbons (Fsp3) is 0.818. The molecule has 0 bridgehead atoms. The molecule has 0 aromatic carbocycles. The summed E-state index contributed by atoms with van der Waals surface area (Å²) in [5, 5.41) is 14.2. The van der Waals surface area contributed by atoms with E-state index in [-0.39, 0.29) is 0 Å². The molecular weight excluding hydrogens is 238 g/mol. The molecule has 92 valence electrons. The number of rotatable bonds is 9. The number of nitrogens with one attached hydrogen (secondary N) is 1. The lowest BCUT2D eigenvalue weighted by atomic mass is 10.3. The van der Waals surface area contributed by atoms with Gasteiger partial charge in [-0.05, 0) is 37.9 Å². The highest BCUT2D eigenvalue weighted by atomic mass is 32.2. The number of hydrogen-bond donors (Lipinski definition) is 1. The summed E-state index contributed by atoms with van der Waals surface area (Å²) >= 11 is 3.63. The predicted molar refractivity (Wildman–Crippen MR) is 73.5 cm³/mol. The van der Waals surface area contributed by atoms with E-state index in [2.05, 4.69) is 28.7 Å². The van der Waals surface area contributed by atoms with E-state index in [4.69, 9.17) is 0 Å². The van der Waals surface area contributed by atoms with E-state index in [1.54, 1.807) is 11.3 Å². The first-order valence-electron chi connectivity index (χ1n) is 5.87. The lowest BCUT2D eigenvalue weighted by molar-refractivity contribution is 0.637. The number of aromatic nitrogens is 2. The Balaban J connectivity index is 2.14. The van der Waals surface area contributed by atoms with Crippen molar-refractivity contribution >= 4 is 23.1 Å². The number of hydrogen-bond acceptors (Lipinski definition) is 5. The predicted octanol–water partition coefficient (Wildman–Crippen LogP) is 2.38. The molecule has 0 aliphatic carbocycles. The first kappa shape index (κ1) is 13.9. The molecule has 0 radical (unpaired) electrons. The van der Waals surface area contributed by atoms with Gasteiger partial charge in [-0.3, -0.25) is 0 Å². The fourth-order valence-corrected chi connectivity index (χ4v) is 2.76. The van der Waals surface area contributed by atoms with E-state index in [0.29, 0.717) is 0 Å². The third-order valence-corrected chi connectivity index (χ3v) is 3.85. The SMILES string of the molecule is CCCNCCCc1nnc(CCSC)s1. The normalized spacial score (nSPS) is 10.9. The maximum atomic E-state index is 4.22. The Hall–Kier alpha value is -0.130. The summed E-state index contributed by atoms with van der Waals surface area (Å²) in [7, 11) is 0. The molecule has 0 spiro atoms. The van der Waals surface area contributed by atoms with Crippen LogP contribution in [0, 0.1) is 0 Å². The van der Waals surface area contributed by atoms with Crippen molar-refractivity contribution in [2.75, 3.05) is 25.1 Å². The lowest BCUT2D eigenvalue weighted by Gasteiger charge is -1.99. The minimum Gasteiger partial charge on any atom is -0.317 e. The zero-order chi connectivity index (χ0) is 11.6. The molecule has 1 heterocycles. The number of nitrogens with zero attached hydrogens (tertiary/aromatic N) is 2. The Labute approximate surface area is 106 Å². The Bertz CT molecular complexity index is 276. The summed E-state index contributed by atoms with van der Waals surface area (Å²) in [6, 6.07) is 0. The summed E-state index contributed by atoms with van der Waals surface area (Å²) in [6.07, 6.45) is 6.62. The molecule has 0 aliphatic heterocycles. The minimum absolute atomic E-state index is 1.06. The Morgan fingerprint density at radius 1 is 1.19 bits per heavy atom. The average molecular weight is 259 g/mol. The quantitative estimate of drug-likeness (QED) is 0.691. The van der Waals surface area contributed by atoms with E-state index < -0.39 is 0 Å². The van der Waals surface area contributed by atoms with E-state index in [0.717, 1.165) is 38.1 Å². The van der Waals surface area contributed by atoms with Crippen LogP contribution in [0.3, 0.4) is 0 Å². The fourth-order valence-electron chi connectivity index (χ4n) is 1.35. The van der Waals surface area contributed by atoms with Crippen molar-refractivity contribution in [3.63, 3.8) is 0 Å². The van der Waals surface area contributed by atoms with Crippen molar-refractivity contribution in [1.82, 2.24) is 15.5 Å². The van der Waals surface area contributed by atoms with Crippen LogP contribution in [0.1, 0.15) is 29.8 Å². The Morgan fingerprint density at radius 2 is 1.94 bits per heavy atom. The zero-order valence-corrected chi connectivity index (χ0v) is 11.8. The summed E-state index contributed by atoms with van der Waals surface area (Å²) < 4.78 is 0. The summed E-state index contributed by atoms with van der Waals surface area (Å²) in [5.41, 5.74) is 0. The molecule has 3 nitrogen and oxygen atoms in total. The molecule has 1 aromatic heterocycles. The smallest absolute Gasteiger partial charge is 0.118 e. The van der Waals surface area contributed by atoms with Crippen molar-refractivity contribution in [3.8, 4) is 0 Å². The number of thioether (sulfide) groups is 1. The molecule has 0 unspecified atom stereocenters. The van der Waals surface area contributed by atoms with Crippen LogP contribution >= 0.6 is 23.1 Å². The maximum absolute atomic E-state index is 4.22.